The fourth-order valence-electron chi connectivity index (χ4n) is 2.80. The molecular formula is C15H22BrNO3S. The number of aliphatic hydroxyl groups is 1. The molecule has 1 unspecified atom stereocenters. The Morgan fingerprint density at radius 3 is 2.52 bits per heavy atom. The van der Waals surface area contributed by atoms with Gasteiger partial charge in [0.25, 0.3) is 0 Å². The summed E-state index contributed by atoms with van der Waals surface area (Å²) in [5, 5.41) is 9.87. The molecule has 1 aromatic carbocycles. The molecule has 1 saturated heterocycles. The molecule has 1 heterocycles. The molecule has 0 aromatic heterocycles. The first-order chi connectivity index (χ1) is 9.55. The van der Waals surface area contributed by atoms with E-state index in [1.807, 2.05) is 26.8 Å². The Kier molecular flexibility index (Phi) is 4.55. The molecule has 0 aliphatic carbocycles. The number of hydrogen-bond acceptors (Lipinski definition) is 3. The van der Waals surface area contributed by atoms with Crippen molar-refractivity contribution >= 4 is 26.0 Å². The molecule has 4 nitrogen and oxygen atoms in total. The number of hydrogen-bond donors (Lipinski definition) is 1. The standard InChI is InChI=1S/C15H22BrNO3S/c1-10-7-11(2)14(8-13(10)16)21(19,20)17-9-12(18)5-6-15(17,3)4/h7-8,12,18H,5-6,9H2,1-4H3. The summed E-state index contributed by atoms with van der Waals surface area (Å²) in [6.07, 6.45) is 0.691. The SMILES string of the molecule is Cc1cc(C)c(S(=O)(=O)N2CC(O)CCC2(C)C)cc1Br. The van der Waals surface area contributed by atoms with Crippen LogP contribution in [0.3, 0.4) is 0 Å². The van der Waals surface area contributed by atoms with Crippen molar-refractivity contribution in [3.05, 3.63) is 27.7 Å². The van der Waals surface area contributed by atoms with E-state index in [0.29, 0.717) is 17.7 Å². The van der Waals surface area contributed by atoms with Gasteiger partial charge < -0.3 is 5.11 Å². The number of aliphatic hydroxyl groups excluding tert-OH is 1. The minimum Gasteiger partial charge on any atom is -0.392 e. The monoisotopic (exact) mass is 375 g/mol. The molecule has 1 atom stereocenters. The van der Waals surface area contributed by atoms with Crippen LogP contribution in [-0.4, -0.2) is 36.0 Å². The second kappa shape index (κ2) is 5.65. The van der Waals surface area contributed by atoms with Crippen LogP contribution in [-0.2, 0) is 10.0 Å². The van der Waals surface area contributed by atoms with Gasteiger partial charge in [-0.25, -0.2) is 8.42 Å². The van der Waals surface area contributed by atoms with Crippen LogP contribution in [0.5, 0.6) is 0 Å². The topological polar surface area (TPSA) is 57.6 Å². The molecule has 0 amide bonds. The summed E-state index contributed by atoms with van der Waals surface area (Å²) in [7, 11) is -3.63. The number of benzene rings is 1. The third-order valence-electron chi connectivity index (χ3n) is 4.17. The summed E-state index contributed by atoms with van der Waals surface area (Å²) in [5.74, 6) is 0. The number of rotatable bonds is 2. The number of nitrogens with zero attached hydrogens (tertiary/aromatic N) is 1. The second-order valence-corrected chi connectivity index (χ2v) is 9.09. The van der Waals surface area contributed by atoms with Gasteiger partial charge in [-0.15, -0.1) is 0 Å². The highest BCUT2D eigenvalue weighted by Gasteiger charge is 2.42. The summed E-state index contributed by atoms with van der Waals surface area (Å²) in [6.45, 7) is 7.71. The largest absolute Gasteiger partial charge is 0.392 e. The minimum absolute atomic E-state index is 0.153. The van der Waals surface area contributed by atoms with Crippen LogP contribution in [0.15, 0.2) is 21.5 Å². The predicted octanol–water partition coefficient (Wildman–Crippen LogP) is 2.99. The van der Waals surface area contributed by atoms with Gasteiger partial charge >= 0.3 is 0 Å². The first-order valence-electron chi connectivity index (χ1n) is 7.03. The van der Waals surface area contributed by atoms with Gasteiger partial charge in [-0.2, -0.15) is 4.31 Å². The lowest BCUT2D eigenvalue weighted by atomic mass is 9.92. The molecule has 21 heavy (non-hydrogen) atoms. The van der Waals surface area contributed by atoms with E-state index in [-0.39, 0.29) is 6.54 Å². The zero-order valence-electron chi connectivity index (χ0n) is 12.9. The second-order valence-electron chi connectivity index (χ2n) is 6.41. The average Bonchev–Trinajstić information content (AvgIpc) is 2.36. The van der Waals surface area contributed by atoms with Crippen molar-refractivity contribution in [2.75, 3.05) is 6.54 Å². The van der Waals surface area contributed by atoms with Crippen molar-refractivity contribution in [1.82, 2.24) is 4.31 Å². The van der Waals surface area contributed by atoms with Gasteiger partial charge in [0.05, 0.1) is 11.0 Å². The Labute approximate surface area is 135 Å². The Balaban J connectivity index is 2.53. The number of piperidine rings is 1. The van der Waals surface area contributed by atoms with E-state index >= 15 is 0 Å². The summed E-state index contributed by atoms with van der Waals surface area (Å²) < 4.78 is 28.3. The highest BCUT2D eigenvalue weighted by atomic mass is 79.9. The number of sulfonamides is 1. The van der Waals surface area contributed by atoms with Gasteiger partial charge in [0.1, 0.15) is 0 Å². The van der Waals surface area contributed by atoms with Gasteiger partial charge in [-0.05, 0) is 57.7 Å². The van der Waals surface area contributed by atoms with Crippen LogP contribution in [0.25, 0.3) is 0 Å². The lowest BCUT2D eigenvalue weighted by Gasteiger charge is -2.43. The molecule has 0 radical (unpaired) electrons. The molecule has 118 valence electrons. The molecule has 1 N–H and O–H groups in total. The van der Waals surface area contributed by atoms with Crippen molar-refractivity contribution in [3.63, 3.8) is 0 Å². The number of β-amino-alcohol motifs (C(OH)–C–C–N with tert-alkyl or cyclic N) is 1. The van der Waals surface area contributed by atoms with Crippen LogP contribution in [0.1, 0.15) is 37.8 Å². The number of halogens is 1. The van der Waals surface area contributed by atoms with Crippen molar-refractivity contribution < 1.29 is 13.5 Å². The van der Waals surface area contributed by atoms with E-state index in [1.54, 1.807) is 13.0 Å². The summed E-state index contributed by atoms with van der Waals surface area (Å²) in [6, 6.07) is 3.53. The first-order valence-corrected chi connectivity index (χ1v) is 9.26. The summed E-state index contributed by atoms with van der Waals surface area (Å²) in [5.41, 5.74) is 1.25. The van der Waals surface area contributed by atoms with Gasteiger partial charge in [0.15, 0.2) is 0 Å². The maximum absolute atomic E-state index is 13.0. The Morgan fingerprint density at radius 1 is 1.29 bits per heavy atom. The van der Waals surface area contributed by atoms with Gasteiger partial charge in [0, 0.05) is 16.6 Å². The Bertz CT molecular complexity index is 655. The van der Waals surface area contributed by atoms with Crippen molar-refractivity contribution in [3.8, 4) is 0 Å². The van der Waals surface area contributed by atoms with Crippen molar-refractivity contribution in [2.45, 2.75) is 57.1 Å². The van der Waals surface area contributed by atoms with Gasteiger partial charge in [0.2, 0.25) is 10.0 Å². The highest BCUT2D eigenvalue weighted by Crippen LogP contribution is 2.35. The molecule has 0 spiro atoms. The van der Waals surface area contributed by atoms with Crippen LogP contribution < -0.4 is 0 Å². The Hall–Kier alpha value is -0.430. The lowest BCUT2D eigenvalue weighted by molar-refractivity contribution is 0.0480. The molecule has 1 aliphatic heterocycles. The van der Waals surface area contributed by atoms with E-state index in [1.165, 1.54) is 4.31 Å². The zero-order chi connectivity index (χ0) is 16.0. The summed E-state index contributed by atoms with van der Waals surface area (Å²) in [4.78, 5) is 0.308. The molecular weight excluding hydrogens is 354 g/mol. The van der Waals surface area contributed by atoms with Crippen molar-refractivity contribution in [2.24, 2.45) is 0 Å². The third kappa shape index (κ3) is 3.18. The van der Waals surface area contributed by atoms with E-state index in [4.69, 9.17) is 0 Å². The molecule has 0 saturated carbocycles. The van der Waals surface area contributed by atoms with Crippen LogP contribution >= 0.6 is 15.9 Å². The molecule has 2 rings (SSSR count). The smallest absolute Gasteiger partial charge is 0.243 e. The van der Waals surface area contributed by atoms with Crippen LogP contribution in [0.2, 0.25) is 0 Å². The van der Waals surface area contributed by atoms with E-state index in [2.05, 4.69) is 15.9 Å². The fraction of sp³-hybridized carbons (Fsp3) is 0.600. The van der Waals surface area contributed by atoms with Crippen LogP contribution in [0.4, 0.5) is 0 Å². The van der Waals surface area contributed by atoms with Gasteiger partial charge in [-0.3, -0.25) is 0 Å². The third-order valence-corrected chi connectivity index (χ3v) is 7.24. The molecule has 6 heteroatoms. The number of aryl methyl sites for hydroxylation is 2. The fourth-order valence-corrected chi connectivity index (χ4v) is 5.38. The predicted molar refractivity (Wildman–Crippen MR) is 86.8 cm³/mol. The Morgan fingerprint density at radius 2 is 1.90 bits per heavy atom. The lowest BCUT2D eigenvalue weighted by Crippen LogP contribution is -2.54. The quantitative estimate of drug-likeness (QED) is 0.864. The van der Waals surface area contributed by atoms with Gasteiger partial charge in [-0.1, -0.05) is 22.0 Å². The molecule has 0 bridgehead atoms. The average molecular weight is 376 g/mol. The molecule has 1 aliphatic rings. The maximum Gasteiger partial charge on any atom is 0.243 e. The molecule has 1 fully saturated rings. The van der Waals surface area contributed by atoms with Crippen molar-refractivity contribution in [1.29, 1.82) is 0 Å². The highest BCUT2D eigenvalue weighted by molar-refractivity contribution is 9.10. The van der Waals surface area contributed by atoms with E-state index < -0.39 is 21.7 Å². The summed E-state index contributed by atoms with van der Waals surface area (Å²) >= 11 is 3.40. The normalized spacial score (nSPS) is 23.2. The minimum atomic E-state index is -3.63. The molecule has 1 aromatic rings. The first kappa shape index (κ1) is 16.9. The van der Waals surface area contributed by atoms with E-state index in [9.17, 15) is 13.5 Å². The van der Waals surface area contributed by atoms with E-state index in [0.717, 1.165) is 15.6 Å². The zero-order valence-corrected chi connectivity index (χ0v) is 15.3. The maximum atomic E-state index is 13.0. The van der Waals surface area contributed by atoms with Crippen LogP contribution in [0, 0.1) is 13.8 Å².